The van der Waals surface area contributed by atoms with Crippen LogP contribution >= 0.6 is 0 Å². The van der Waals surface area contributed by atoms with Gasteiger partial charge in [-0.3, -0.25) is 0 Å². The zero-order valence-electron chi connectivity index (χ0n) is 13.5. The van der Waals surface area contributed by atoms with E-state index in [4.69, 9.17) is 15.2 Å². The lowest BCUT2D eigenvalue weighted by molar-refractivity contribution is -0.0411. The number of ether oxygens (including phenoxy) is 2. The van der Waals surface area contributed by atoms with Crippen molar-refractivity contribution in [2.45, 2.75) is 63.2 Å². The molecule has 2 rings (SSSR count). The summed E-state index contributed by atoms with van der Waals surface area (Å²) in [7, 11) is 1.75. The van der Waals surface area contributed by atoms with Crippen LogP contribution in [-0.4, -0.2) is 31.5 Å². The number of hydrogen-bond donors (Lipinski definition) is 1. The zero-order chi connectivity index (χ0) is 15.3. The Hall–Kier alpha value is -0.900. The van der Waals surface area contributed by atoms with Crippen LogP contribution in [-0.2, 0) is 9.47 Å². The van der Waals surface area contributed by atoms with Crippen molar-refractivity contribution in [3.8, 4) is 0 Å². The molecule has 21 heavy (non-hydrogen) atoms. The van der Waals surface area contributed by atoms with E-state index >= 15 is 0 Å². The standard InChI is InChI=1S/C18H29NO2/c1-18(2,20-3)11-12-21-17-13-15(9-10-16(17)19)14-7-5-4-6-8-14/h4-8,15-17H,9-13,19H2,1-3H3. The summed E-state index contributed by atoms with van der Waals surface area (Å²) in [5.74, 6) is 0.575. The molecule has 1 aliphatic rings. The van der Waals surface area contributed by atoms with Gasteiger partial charge in [-0.25, -0.2) is 0 Å². The lowest BCUT2D eigenvalue weighted by atomic mass is 9.80. The highest BCUT2D eigenvalue weighted by Crippen LogP contribution is 2.33. The molecule has 1 aromatic carbocycles. The third-order valence-corrected chi connectivity index (χ3v) is 4.70. The largest absolute Gasteiger partial charge is 0.379 e. The molecule has 3 heteroatoms. The minimum Gasteiger partial charge on any atom is -0.379 e. The van der Waals surface area contributed by atoms with Gasteiger partial charge in [-0.05, 0) is 51.0 Å². The fourth-order valence-electron chi connectivity index (χ4n) is 2.93. The maximum absolute atomic E-state index is 6.25. The highest BCUT2D eigenvalue weighted by Gasteiger charge is 2.30. The molecule has 0 aliphatic heterocycles. The van der Waals surface area contributed by atoms with Crippen LogP contribution in [0.4, 0.5) is 0 Å². The summed E-state index contributed by atoms with van der Waals surface area (Å²) >= 11 is 0. The van der Waals surface area contributed by atoms with E-state index in [-0.39, 0.29) is 17.7 Å². The number of benzene rings is 1. The second-order valence-electron chi connectivity index (χ2n) is 6.71. The van der Waals surface area contributed by atoms with E-state index in [1.54, 1.807) is 7.11 Å². The van der Waals surface area contributed by atoms with Crippen molar-refractivity contribution in [1.29, 1.82) is 0 Å². The van der Waals surface area contributed by atoms with E-state index in [1.807, 2.05) is 0 Å². The summed E-state index contributed by atoms with van der Waals surface area (Å²) < 4.78 is 11.5. The van der Waals surface area contributed by atoms with E-state index < -0.39 is 0 Å². The molecular formula is C18H29NO2. The molecule has 0 bridgehead atoms. The molecule has 0 spiro atoms. The van der Waals surface area contributed by atoms with Gasteiger partial charge < -0.3 is 15.2 Å². The fraction of sp³-hybridized carbons (Fsp3) is 0.667. The van der Waals surface area contributed by atoms with Crippen molar-refractivity contribution in [3.63, 3.8) is 0 Å². The van der Waals surface area contributed by atoms with Gasteiger partial charge in [0.2, 0.25) is 0 Å². The molecule has 0 aromatic heterocycles. The maximum Gasteiger partial charge on any atom is 0.0731 e. The molecule has 2 N–H and O–H groups in total. The first-order chi connectivity index (χ1) is 10.0. The van der Waals surface area contributed by atoms with Crippen LogP contribution in [0.15, 0.2) is 30.3 Å². The van der Waals surface area contributed by atoms with E-state index in [2.05, 4.69) is 44.2 Å². The Labute approximate surface area is 128 Å². The summed E-state index contributed by atoms with van der Waals surface area (Å²) in [5.41, 5.74) is 7.53. The first-order valence-corrected chi connectivity index (χ1v) is 7.99. The minimum atomic E-state index is -0.127. The van der Waals surface area contributed by atoms with Gasteiger partial charge in [0, 0.05) is 19.8 Å². The van der Waals surface area contributed by atoms with Crippen LogP contribution in [0.2, 0.25) is 0 Å². The van der Waals surface area contributed by atoms with Gasteiger partial charge in [0.15, 0.2) is 0 Å². The third kappa shape index (κ3) is 4.80. The smallest absolute Gasteiger partial charge is 0.0731 e. The van der Waals surface area contributed by atoms with Crippen LogP contribution in [0.1, 0.15) is 51.0 Å². The number of nitrogens with two attached hydrogens (primary N) is 1. The monoisotopic (exact) mass is 291 g/mol. The summed E-state index contributed by atoms with van der Waals surface area (Å²) in [5, 5.41) is 0. The second kappa shape index (κ2) is 7.39. The van der Waals surface area contributed by atoms with Crippen LogP contribution < -0.4 is 5.73 Å². The van der Waals surface area contributed by atoms with Crippen molar-refractivity contribution in [3.05, 3.63) is 35.9 Å². The predicted octanol–water partition coefficient (Wildman–Crippen LogP) is 3.48. The van der Waals surface area contributed by atoms with E-state index in [0.29, 0.717) is 12.5 Å². The van der Waals surface area contributed by atoms with Crippen molar-refractivity contribution in [2.24, 2.45) is 5.73 Å². The van der Waals surface area contributed by atoms with Crippen LogP contribution in [0.5, 0.6) is 0 Å². The summed E-state index contributed by atoms with van der Waals surface area (Å²) in [6, 6.07) is 10.9. The van der Waals surface area contributed by atoms with Crippen molar-refractivity contribution in [2.75, 3.05) is 13.7 Å². The highest BCUT2D eigenvalue weighted by molar-refractivity contribution is 5.20. The van der Waals surface area contributed by atoms with Crippen LogP contribution in [0.25, 0.3) is 0 Å². The third-order valence-electron chi connectivity index (χ3n) is 4.70. The number of methoxy groups -OCH3 is 1. The first kappa shape index (κ1) is 16.5. The van der Waals surface area contributed by atoms with Gasteiger partial charge >= 0.3 is 0 Å². The molecule has 118 valence electrons. The predicted molar refractivity (Wildman–Crippen MR) is 86.5 cm³/mol. The minimum absolute atomic E-state index is 0.127. The molecule has 1 saturated carbocycles. The van der Waals surface area contributed by atoms with Crippen molar-refractivity contribution < 1.29 is 9.47 Å². The van der Waals surface area contributed by atoms with E-state index in [9.17, 15) is 0 Å². The molecule has 3 nitrogen and oxygen atoms in total. The fourth-order valence-corrected chi connectivity index (χ4v) is 2.93. The second-order valence-corrected chi connectivity index (χ2v) is 6.71. The Kier molecular flexibility index (Phi) is 5.80. The molecule has 3 unspecified atom stereocenters. The first-order valence-electron chi connectivity index (χ1n) is 7.99. The molecule has 1 aliphatic carbocycles. The molecule has 0 heterocycles. The van der Waals surface area contributed by atoms with Crippen molar-refractivity contribution in [1.82, 2.24) is 0 Å². The van der Waals surface area contributed by atoms with Gasteiger partial charge in [-0.2, -0.15) is 0 Å². The van der Waals surface area contributed by atoms with E-state index in [1.165, 1.54) is 5.56 Å². The SMILES string of the molecule is COC(C)(C)CCOC1CC(c2ccccc2)CCC1N. The van der Waals surface area contributed by atoms with Gasteiger partial charge in [0.1, 0.15) is 0 Å². The molecule has 1 fully saturated rings. The average Bonchev–Trinajstić information content (AvgIpc) is 2.50. The quantitative estimate of drug-likeness (QED) is 0.872. The Morgan fingerprint density at radius 1 is 1.19 bits per heavy atom. The van der Waals surface area contributed by atoms with Crippen LogP contribution in [0.3, 0.4) is 0 Å². The Morgan fingerprint density at radius 3 is 2.57 bits per heavy atom. The summed E-state index contributed by atoms with van der Waals surface area (Å²) in [4.78, 5) is 0. The maximum atomic E-state index is 6.25. The molecule has 0 saturated heterocycles. The molecular weight excluding hydrogens is 262 g/mol. The summed E-state index contributed by atoms with van der Waals surface area (Å²) in [6.45, 7) is 4.88. The molecule has 3 atom stereocenters. The lowest BCUT2D eigenvalue weighted by Gasteiger charge is -2.35. The van der Waals surface area contributed by atoms with Gasteiger partial charge in [0.25, 0.3) is 0 Å². The number of hydrogen-bond acceptors (Lipinski definition) is 3. The Balaban J connectivity index is 1.87. The Bertz CT molecular complexity index is 418. The zero-order valence-corrected chi connectivity index (χ0v) is 13.5. The molecule has 0 amide bonds. The summed E-state index contributed by atoms with van der Waals surface area (Å²) in [6.07, 6.45) is 4.28. The van der Waals surface area contributed by atoms with Gasteiger partial charge in [0.05, 0.1) is 11.7 Å². The molecule has 1 aromatic rings. The van der Waals surface area contributed by atoms with Gasteiger partial charge in [-0.15, -0.1) is 0 Å². The normalized spacial score (nSPS) is 26.8. The lowest BCUT2D eigenvalue weighted by Crippen LogP contribution is -2.42. The van der Waals surface area contributed by atoms with E-state index in [0.717, 1.165) is 25.7 Å². The van der Waals surface area contributed by atoms with Crippen LogP contribution in [0, 0.1) is 0 Å². The average molecular weight is 291 g/mol. The Morgan fingerprint density at radius 2 is 1.90 bits per heavy atom. The van der Waals surface area contributed by atoms with Crippen molar-refractivity contribution >= 4 is 0 Å². The van der Waals surface area contributed by atoms with Gasteiger partial charge in [-0.1, -0.05) is 30.3 Å². The molecule has 0 radical (unpaired) electrons. The number of rotatable bonds is 6. The topological polar surface area (TPSA) is 44.5 Å². The highest BCUT2D eigenvalue weighted by atomic mass is 16.5.